The van der Waals surface area contributed by atoms with Crippen LogP contribution in [0.1, 0.15) is 18.9 Å². The molecule has 4 nitrogen and oxygen atoms in total. The van der Waals surface area contributed by atoms with Crippen LogP contribution < -0.4 is 0 Å². The Kier molecular flexibility index (Phi) is 2.24. The molecule has 0 aromatic heterocycles. The number of fused-ring (bicyclic) bond motifs is 1. The predicted molar refractivity (Wildman–Crippen MR) is 62.6 cm³/mol. The first-order valence-corrected chi connectivity index (χ1v) is 5.79. The van der Waals surface area contributed by atoms with Gasteiger partial charge in [0, 0.05) is 6.42 Å². The van der Waals surface area contributed by atoms with Crippen LogP contribution in [0, 0.1) is 5.92 Å². The molecule has 1 heterocycles. The molecular formula is C13H15NO3. The van der Waals surface area contributed by atoms with E-state index >= 15 is 0 Å². The second kappa shape index (κ2) is 3.55. The Morgan fingerprint density at radius 1 is 1.35 bits per heavy atom. The van der Waals surface area contributed by atoms with Gasteiger partial charge in [-0.25, -0.2) is 0 Å². The first-order valence-electron chi connectivity index (χ1n) is 5.79. The van der Waals surface area contributed by atoms with Gasteiger partial charge in [0.1, 0.15) is 5.60 Å². The number of benzene rings is 1. The molecule has 3 rings (SSSR count). The summed E-state index contributed by atoms with van der Waals surface area (Å²) in [5.74, 6) is -0.229. The minimum absolute atomic E-state index is 0.229. The quantitative estimate of drug-likeness (QED) is 0.758. The van der Waals surface area contributed by atoms with E-state index in [4.69, 9.17) is 4.84 Å². The average molecular weight is 233 g/mol. The predicted octanol–water partition coefficient (Wildman–Crippen LogP) is 0.921. The molecule has 1 aliphatic carbocycles. The second-order valence-electron chi connectivity index (χ2n) is 5.02. The van der Waals surface area contributed by atoms with Gasteiger partial charge in [-0.15, -0.1) is 0 Å². The molecule has 0 unspecified atom stereocenters. The van der Waals surface area contributed by atoms with Crippen LogP contribution in [-0.4, -0.2) is 33.7 Å². The third-order valence-corrected chi connectivity index (χ3v) is 3.63. The van der Waals surface area contributed by atoms with Gasteiger partial charge in [0.05, 0.1) is 17.7 Å². The zero-order valence-electron chi connectivity index (χ0n) is 9.58. The van der Waals surface area contributed by atoms with Crippen LogP contribution in [0.25, 0.3) is 0 Å². The standard InChI is InChI=1S/C13H15NO3/c1-13(16)7-9(15)10-11(14-17-12(10)13)8-5-3-2-4-6-8/h2-6,9-10,12,15-16H,7H2,1H3/t9-,10-,12+,13-/m1/s1. The van der Waals surface area contributed by atoms with E-state index in [9.17, 15) is 10.2 Å². The average Bonchev–Trinajstić information content (AvgIpc) is 2.82. The summed E-state index contributed by atoms with van der Waals surface area (Å²) < 4.78 is 0. The van der Waals surface area contributed by atoms with Gasteiger partial charge in [-0.1, -0.05) is 35.5 Å². The molecule has 2 aliphatic rings. The molecule has 1 aromatic rings. The van der Waals surface area contributed by atoms with Gasteiger partial charge in [0.2, 0.25) is 0 Å². The monoisotopic (exact) mass is 233 g/mol. The fraction of sp³-hybridized carbons (Fsp3) is 0.462. The van der Waals surface area contributed by atoms with Crippen LogP contribution >= 0.6 is 0 Å². The van der Waals surface area contributed by atoms with E-state index < -0.39 is 17.8 Å². The summed E-state index contributed by atoms with van der Waals surface area (Å²) in [6.45, 7) is 1.68. The van der Waals surface area contributed by atoms with E-state index in [-0.39, 0.29) is 5.92 Å². The van der Waals surface area contributed by atoms with Gasteiger partial charge in [0.15, 0.2) is 6.10 Å². The normalized spacial score (nSPS) is 39.7. The molecule has 17 heavy (non-hydrogen) atoms. The molecule has 0 bridgehead atoms. The minimum atomic E-state index is -1.01. The Labute approximate surface area is 99.5 Å². The van der Waals surface area contributed by atoms with E-state index in [1.165, 1.54) is 0 Å². The molecule has 4 heteroatoms. The highest BCUT2D eigenvalue weighted by Gasteiger charge is 2.56. The second-order valence-corrected chi connectivity index (χ2v) is 5.02. The molecular weight excluding hydrogens is 218 g/mol. The molecule has 0 amide bonds. The van der Waals surface area contributed by atoms with Gasteiger partial charge in [-0.2, -0.15) is 0 Å². The van der Waals surface area contributed by atoms with Crippen LogP contribution in [0.15, 0.2) is 35.5 Å². The maximum absolute atomic E-state index is 10.1. The van der Waals surface area contributed by atoms with Gasteiger partial charge in [-0.3, -0.25) is 0 Å². The van der Waals surface area contributed by atoms with Crippen molar-refractivity contribution < 1.29 is 15.1 Å². The maximum atomic E-state index is 10.1. The van der Waals surface area contributed by atoms with E-state index in [1.54, 1.807) is 6.92 Å². The van der Waals surface area contributed by atoms with Gasteiger partial charge >= 0.3 is 0 Å². The summed E-state index contributed by atoms with van der Waals surface area (Å²) in [4.78, 5) is 5.31. The molecule has 2 N–H and O–H groups in total. The SMILES string of the molecule is C[C@@]1(O)C[C@@H](O)[C@@H]2C(c3ccccc3)=NO[C@@H]21. The molecule has 90 valence electrons. The molecule has 1 fully saturated rings. The Hall–Kier alpha value is -1.39. The van der Waals surface area contributed by atoms with Crippen molar-refractivity contribution in [3.05, 3.63) is 35.9 Å². The van der Waals surface area contributed by atoms with Crippen LogP contribution in [-0.2, 0) is 4.84 Å². The molecule has 4 atom stereocenters. The van der Waals surface area contributed by atoms with Crippen LogP contribution in [0.2, 0.25) is 0 Å². The van der Waals surface area contributed by atoms with Crippen molar-refractivity contribution in [2.75, 3.05) is 0 Å². The Bertz CT molecular complexity index is 455. The zero-order valence-corrected chi connectivity index (χ0v) is 9.58. The maximum Gasteiger partial charge on any atom is 0.166 e. The van der Waals surface area contributed by atoms with Crippen LogP contribution in [0.3, 0.4) is 0 Å². The highest BCUT2D eigenvalue weighted by Crippen LogP contribution is 2.42. The third kappa shape index (κ3) is 1.56. The van der Waals surface area contributed by atoms with Crippen molar-refractivity contribution >= 4 is 5.71 Å². The number of hydrogen-bond donors (Lipinski definition) is 2. The summed E-state index contributed by atoms with van der Waals surface area (Å²) in [6.07, 6.45) is -0.710. The summed E-state index contributed by atoms with van der Waals surface area (Å²) in [5, 5.41) is 24.2. The lowest BCUT2D eigenvalue weighted by Gasteiger charge is -2.21. The number of aliphatic hydroxyl groups excluding tert-OH is 1. The van der Waals surface area contributed by atoms with Crippen molar-refractivity contribution in [3.8, 4) is 0 Å². The van der Waals surface area contributed by atoms with Gasteiger partial charge in [-0.05, 0) is 12.5 Å². The lowest BCUT2D eigenvalue weighted by atomic mass is 9.91. The Morgan fingerprint density at radius 2 is 2.06 bits per heavy atom. The van der Waals surface area contributed by atoms with E-state index in [0.717, 1.165) is 11.3 Å². The number of nitrogens with zero attached hydrogens (tertiary/aromatic N) is 1. The van der Waals surface area contributed by atoms with Gasteiger partial charge < -0.3 is 15.1 Å². The summed E-state index contributed by atoms with van der Waals surface area (Å²) >= 11 is 0. The number of rotatable bonds is 1. The lowest BCUT2D eigenvalue weighted by molar-refractivity contribution is -0.0738. The minimum Gasteiger partial charge on any atom is -0.392 e. The van der Waals surface area contributed by atoms with E-state index in [2.05, 4.69) is 5.16 Å². The summed E-state index contributed by atoms with van der Waals surface area (Å²) in [5.41, 5.74) is 0.669. The van der Waals surface area contributed by atoms with E-state index in [0.29, 0.717) is 6.42 Å². The Morgan fingerprint density at radius 3 is 2.76 bits per heavy atom. The molecule has 1 saturated carbocycles. The molecule has 0 spiro atoms. The van der Waals surface area contributed by atoms with E-state index in [1.807, 2.05) is 30.3 Å². The molecule has 0 saturated heterocycles. The number of oxime groups is 1. The van der Waals surface area contributed by atoms with Crippen molar-refractivity contribution in [2.45, 2.75) is 31.2 Å². The van der Waals surface area contributed by atoms with Crippen molar-refractivity contribution in [1.82, 2.24) is 0 Å². The summed E-state index contributed by atoms with van der Waals surface area (Å²) in [6, 6.07) is 9.64. The van der Waals surface area contributed by atoms with Crippen LogP contribution in [0.5, 0.6) is 0 Å². The third-order valence-electron chi connectivity index (χ3n) is 3.63. The van der Waals surface area contributed by atoms with Crippen molar-refractivity contribution in [1.29, 1.82) is 0 Å². The Balaban J connectivity index is 1.96. The van der Waals surface area contributed by atoms with Crippen LogP contribution in [0.4, 0.5) is 0 Å². The number of hydrogen-bond acceptors (Lipinski definition) is 4. The topological polar surface area (TPSA) is 62.0 Å². The van der Waals surface area contributed by atoms with Crippen molar-refractivity contribution in [3.63, 3.8) is 0 Å². The largest absolute Gasteiger partial charge is 0.392 e. The van der Waals surface area contributed by atoms with Crippen molar-refractivity contribution in [2.24, 2.45) is 11.1 Å². The first-order chi connectivity index (χ1) is 8.09. The first kappa shape index (κ1) is 10.7. The highest BCUT2D eigenvalue weighted by atomic mass is 16.7. The van der Waals surface area contributed by atoms with Gasteiger partial charge in [0.25, 0.3) is 0 Å². The molecule has 0 radical (unpaired) electrons. The smallest absolute Gasteiger partial charge is 0.166 e. The fourth-order valence-corrected chi connectivity index (χ4v) is 2.79. The fourth-order valence-electron chi connectivity index (χ4n) is 2.79. The zero-order chi connectivity index (χ0) is 12.0. The molecule has 1 aliphatic heterocycles. The molecule has 1 aromatic carbocycles. The summed E-state index contributed by atoms with van der Waals surface area (Å²) in [7, 11) is 0. The highest BCUT2D eigenvalue weighted by molar-refractivity contribution is 6.03. The lowest BCUT2D eigenvalue weighted by Crippen LogP contribution is -2.37. The number of aliphatic hydroxyl groups is 2.